The summed E-state index contributed by atoms with van der Waals surface area (Å²) in [5, 5.41) is 17.3. The summed E-state index contributed by atoms with van der Waals surface area (Å²) in [5.41, 5.74) is -4.38. The molecule has 0 saturated heterocycles. The predicted molar refractivity (Wildman–Crippen MR) is 40.7 cm³/mol. The number of pyridine rings is 1. The lowest BCUT2D eigenvalue weighted by Gasteiger charge is -2.10. The van der Waals surface area contributed by atoms with Crippen LogP contribution in [0.5, 0.6) is 5.75 Å². The average molecular weight is 223 g/mol. The number of nitrogens with one attached hydrogen (secondary N) is 1. The van der Waals surface area contributed by atoms with Crippen molar-refractivity contribution in [1.82, 2.24) is 4.98 Å². The van der Waals surface area contributed by atoms with Gasteiger partial charge in [0.25, 0.3) is 5.56 Å². The molecule has 1 aromatic heterocycles. The van der Waals surface area contributed by atoms with Crippen LogP contribution in [0.1, 0.15) is 16.1 Å². The second-order valence-electron chi connectivity index (χ2n) is 2.57. The number of hydrogen-bond acceptors (Lipinski definition) is 3. The molecular formula is C7H4F3NO4. The van der Waals surface area contributed by atoms with E-state index in [9.17, 15) is 22.8 Å². The molecule has 0 atom stereocenters. The van der Waals surface area contributed by atoms with Gasteiger partial charge in [-0.2, -0.15) is 13.2 Å². The maximum atomic E-state index is 12.2. The number of aromatic amines is 1. The minimum absolute atomic E-state index is 0.360. The molecule has 0 aliphatic heterocycles. The highest BCUT2D eigenvalue weighted by Crippen LogP contribution is 2.32. The first-order valence-electron chi connectivity index (χ1n) is 3.50. The van der Waals surface area contributed by atoms with Crippen LogP contribution in [0.2, 0.25) is 0 Å². The van der Waals surface area contributed by atoms with E-state index >= 15 is 0 Å². The van der Waals surface area contributed by atoms with Crippen LogP contribution in [-0.4, -0.2) is 21.2 Å². The molecule has 0 spiro atoms. The minimum Gasteiger partial charge on any atom is -0.507 e. The molecule has 0 aliphatic carbocycles. The van der Waals surface area contributed by atoms with Gasteiger partial charge in [-0.3, -0.25) is 4.79 Å². The molecule has 82 valence electrons. The van der Waals surface area contributed by atoms with Crippen LogP contribution >= 0.6 is 0 Å². The number of alkyl halides is 3. The van der Waals surface area contributed by atoms with Crippen LogP contribution < -0.4 is 5.56 Å². The molecule has 0 saturated carbocycles. The fourth-order valence-corrected chi connectivity index (χ4v) is 0.975. The maximum Gasteiger partial charge on any atom is 0.432 e. The number of rotatable bonds is 1. The molecule has 0 bridgehead atoms. The molecular weight excluding hydrogens is 219 g/mol. The average Bonchev–Trinajstić information content (AvgIpc) is 1.99. The Bertz CT molecular complexity index is 462. The smallest absolute Gasteiger partial charge is 0.432 e. The lowest BCUT2D eigenvalue weighted by molar-refractivity contribution is -0.142. The Morgan fingerprint density at radius 1 is 1.40 bits per heavy atom. The highest BCUT2D eigenvalue weighted by Gasteiger charge is 2.38. The number of halogens is 3. The van der Waals surface area contributed by atoms with Crippen LogP contribution in [0, 0.1) is 0 Å². The zero-order valence-electron chi connectivity index (χ0n) is 6.92. The normalized spacial score (nSPS) is 11.4. The van der Waals surface area contributed by atoms with Crippen molar-refractivity contribution in [2.24, 2.45) is 0 Å². The van der Waals surface area contributed by atoms with Crippen molar-refractivity contribution in [1.29, 1.82) is 0 Å². The number of carboxylic acid groups (broad SMARTS) is 1. The van der Waals surface area contributed by atoms with Gasteiger partial charge < -0.3 is 15.2 Å². The van der Waals surface area contributed by atoms with E-state index in [1.54, 1.807) is 0 Å². The molecule has 0 aromatic carbocycles. The molecule has 5 nitrogen and oxygen atoms in total. The van der Waals surface area contributed by atoms with Crippen LogP contribution in [0.15, 0.2) is 10.9 Å². The van der Waals surface area contributed by atoms with E-state index in [4.69, 9.17) is 10.2 Å². The molecule has 0 fully saturated rings. The summed E-state index contributed by atoms with van der Waals surface area (Å²) in [7, 11) is 0. The van der Waals surface area contributed by atoms with E-state index in [0.29, 0.717) is 6.07 Å². The summed E-state index contributed by atoms with van der Waals surface area (Å²) in [6.45, 7) is 0. The molecule has 0 unspecified atom stereocenters. The van der Waals surface area contributed by atoms with E-state index in [0.717, 1.165) is 0 Å². The van der Waals surface area contributed by atoms with E-state index < -0.39 is 34.7 Å². The Hall–Kier alpha value is -1.99. The van der Waals surface area contributed by atoms with Gasteiger partial charge in [0.1, 0.15) is 17.0 Å². The largest absolute Gasteiger partial charge is 0.507 e. The van der Waals surface area contributed by atoms with Gasteiger partial charge in [0, 0.05) is 6.07 Å². The Kier molecular flexibility index (Phi) is 2.44. The summed E-state index contributed by atoms with van der Waals surface area (Å²) in [6, 6.07) is 0.360. The Morgan fingerprint density at radius 2 is 1.93 bits per heavy atom. The standard InChI is InChI=1S/C7H4F3NO4/c8-7(9,10)5-4(6(14)15)2(12)1-3(13)11-5/h1H,(H,14,15)(H2,11,12,13). The van der Waals surface area contributed by atoms with E-state index in [1.807, 2.05) is 0 Å². The van der Waals surface area contributed by atoms with Crippen molar-refractivity contribution < 1.29 is 28.2 Å². The van der Waals surface area contributed by atoms with Crippen LogP contribution in [0.4, 0.5) is 13.2 Å². The van der Waals surface area contributed by atoms with Crippen LogP contribution in [0.25, 0.3) is 0 Å². The summed E-state index contributed by atoms with van der Waals surface area (Å²) in [4.78, 5) is 22.4. The summed E-state index contributed by atoms with van der Waals surface area (Å²) < 4.78 is 36.7. The fourth-order valence-electron chi connectivity index (χ4n) is 0.975. The SMILES string of the molecule is O=C(O)c1c(O)cc(=O)[nH]c1C(F)(F)F. The Labute approximate surface area is 79.8 Å². The maximum absolute atomic E-state index is 12.2. The number of aromatic hydroxyl groups is 1. The Balaban J connectivity index is 3.62. The summed E-state index contributed by atoms with van der Waals surface area (Å²) in [6.07, 6.45) is -5.05. The highest BCUT2D eigenvalue weighted by molar-refractivity contribution is 5.92. The fraction of sp³-hybridized carbons (Fsp3) is 0.143. The monoisotopic (exact) mass is 223 g/mol. The third-order valence-corrected chi connectivity index (χ3v) is 1.52. The second kappa shape index (κ2) is 3.30. The first-order chi connectivity index (χ1) is 6.73. The summed E-state index contributed by atoms with van der Waals surface area (Å²) >= 11 is 0. The molecule has 8 heteroatoms. The number of carboxylic acids is 1. The topological polar surface area (TPSA) is 90.4 Å². The number of aromatic carboxylic acids is 1. The predicted octanol–water partition coefficient (Wildman–Crippen LogP) is 0.797. The van der Waals surface area contributed by atoms with Crippen LogP contribution in [0.3, 0.4) is 0 Å². The second-order valence-corrected chi connectivity index (χ2v) is 2.57. The van der Waals surface area contributed by atoms with Gasteiger partial charge in [0.15, 0.2) is 0 Å². The summed E-state index contributed by atoms with van der Waals surface area (Å²) in [5.74, 6) is -3.20. The van der Waals surface area contributed by atoms with Crippen molar-refractivity contribution in [3.63, 3.8) is 0 Å². The van der Waals surface area contributed by atoms with Gasteiger partial charge in [-0.1, -0.05) is 0 Å². The molecule has 3 N–H and O–H groups in total. The molecule has 0 radical (unpaired) electrons. The van der Waals surface area contributed by atoms with Crippen molar-refractivity contribution in [2.45, 2.75) is 6.18 Å². The lowest BCUT2D eigenvalue weighted by Crippen LogP contribution is -2.21. The molecule has 0 aliphatic rings. The zero-order chi connectivity index (χ0) is 11.8. The van der Waals surface area contributed by atoms with Gasteiger partial charge in [-0.15, -0.1) is 0 Å². The van der Waals surface area contributed by atoms with E-state index in [2.05, 4.69) is 0 Å². The van der Waals surface area contributed by atoms with E-state index in [-0.39, 0.29) is 0 Å². The number of carbonyl (C=O) groups is 1. The lowest BCUT2D eigenvalue weighted by atomic mass is 10.1. The van der Waals surface area contributed by atoms with E-state index in [1.165, 1.54) is 4.98 Å². The third kappa shape index (κ3) is 2.09. The molecule has 0 amide bonds. The molecule has 1 heterocycles. The van der Waals surface area contributed by atoms with Gasteiger partial charge in [0.05, 0.1) is 0 Å². The number of hydrogen-bond donors (Lipinski definition) is 3. The highest BCUT2D eigenvalue weighted by atomic mass is 19.4. The van der Waals surface area contributed by atoms with Gasteiger partial charge in [-0.05, 0) is 0 Å². The first-order valence-corrected chi connectivity index (χ1v) is 3.50. The first kappa shape index (κ1) is 11.1. The molecule has 15 heavy (non-hydrogen) atoms. The van der Waals surface area contributed by atoms with Crippen LogP contribution in [-0.2, 0) is 6.18 Å². The van der Waals surface area contributed by atoms with Gasteiger partial charge in [0.2, 0.25) is 0 Å². The minimum atomic E-state index is -5.05. The van der Waals surface area contributed by atoms with Gasteiger partial charge in [-0.25, -0.2) is 4.79 Å². The quantitative estimate of drug-likeness (QED) is 0.656. The van der Waals surface area contributed by atoms with Gasteiger partial charge >= 0.3 is 12.1 Å². The van der Waals surface area contributed by atoms with Crippen molar-refractivity contribution in [2.75, 3.05) is 0 Å². The zero-order valence-corrected chi connectivity index (χ0v) is 6.92. The van der Waals surface area contributed by atoms with Crippen molar-refractivity contribution >= 4 is 5.97 Å². The van der Waals surface area contributed by atoms with Crippen molar-refractivity contribution in [3.8, 4) is 5.75 Å². The molecule has 1 rings (SSSR count). The number of H-pyrrole nitrogens is 1. The molecule has 1 aromatic rings. The third-order valence-electron chi connectivity index (χ3n) is 1.52. The Morgan fingerprint density at radius 3 is 2.33 bits per heavy atom. The van der Waals surface area contributed by atoms with Crippen molar-refractivity contribution in [3.05, 3.63) is 27.7 Å². The number of aromatic nitrogens is 1.